The zero-order valence-corrected chi connectivity index (χ0v) is 27.0. The smallest absolute Gasteiger partial charge is 0.326 e. The molecule has 0 aromatic rings. The van der Waals surface area contributed by atoms with Crippen LogP contribution in [0.1, 0.15) is 84.5 Å². The summed E-state index contributed by atoms with van der Waals surface area (Å²) in [6.07, 6.45) is 2.41. The molecule has 0 heterocycles. The van der Waals surface area contributed by atoms with E-state index in [1.54, 1.807) is 0 Å². The minimum absolute atomic E-state index is 0.0667. The molecule has 0 aromatic carbocycles. The van der Waals surface area contributed by atoms with Gasteiger partial charge in [0.1, 0.15) is 30.2 Å². The van der Waals surface area contributed by atoms with Crippen molar-refractivity contribution in [3.05, 3.63) is 0 Å². The van der Waals surface area contributed by atoms with E-state index < -0.39 is 109 Å². The third-order valence-electron chi connectivity index (χ3n) is 7.74. The number of nitrogens with one attached hydrogen (secondary N) is 5. The first-order valence-electron chi connectivity index (χ1n) is 15.6. The number of carboxylic acid groups (broad SMARTS) is 3. The number of primary amides is 1. The second kappa shape index (κ2) is 20.4. The van der Waals surface area contributed by atoms with Gasteiger partial charge in [-0.2, -0.15) is 0 Å². The van der Waals surface area contributed by atoms with Crippen molar-refractivity contribution in [2.75, 3.05) is 0 Å². The quantitative estimate of drug-likeness (QED) is 0.0595. The summed E-state index contributed by atoms with van der Waals surface area (Å²) in [6, 6.07) is -8.18. The van der Waals surface area contributed by atoms with Gasteiger partial charge in [-0.15, -0.1) is 0 Å². The summed E-state index contributed by atoms with van der Waals surface area (Å²) in [4.78, 5) is 109. The van der Waals surface area contributed by atoms with Gasteiger partial charge in [0.25, 0.3) is 0 Å². The molecule has 1 fully saturated rings. The number of hydrogen-bond donors (Lipinski definition) is 10. The van der Waals surface area contributed by atoms with E-state index in [9.17, 15) is 48.3 Å². The van der Waals surface area contributed by atoms with Crippen LogP contribution in [0.15, 0.2) is 0 Å². The average Bonchev–Trinajstić information content (AvgIpc) is 3.00. The van der Waals surface area contributed by atoms with Gasteiger partial charge in [-0.3, -0.25) is 38.4 Å². The van der Waals surface area contributed by atoms with Crippen LogP contribution in [0.25, 0.3) is 0 Å². The molecular formula is C29H47N7O12. The second-order valence-electron chi connectivity index (χ2n) is 11.9. The zero-order chi connectivity index (χ0) is 36.6. The van der Waals surface area contributed by atoms with Crippen molar-refractivity contribution in [1.82, 2.24) is 26.6 Å². The molecule has 0 spiro atoms. The third-order valence-corrected chi connectivity index (χ3v) is 7.74. The van der Waals surface area contributed by atoms with Crippen LogP contribution in [0.5, 0.6) is 0 Å². The van der Waals surface area contributed by atoms with Gasteiger partial charge in [-0.1, -0.05) is 32.1 Å². The molecule has 48 heavy (non-hydrogen) atoms. The van der Waals surface area contributed by atoms with Gasteiger partial charge >= 0.3 is 17.9 Å². The highest BCUT2D eigenvalue weighted by Gasteiger charge is 2.32. The second-order valence-corrected chi connectivity index (χ2v) is 11.9. The van der Waals surface area contributed by atoms with Gasteiger partial charge in [0, 0.05) is 12.8 Å². The molecule has 0 bridgehead atoms. The SMILES string of the molecule is C[C@H](NC(=O)[C@H](C)NC(=O)[C@H](CCC(=O)O)NC(=O)[C@@H](N)CC(=O)O)C(=O)N[C@@H](CC1CCCCC1)C(=O)N[C@@H](CCC(N)=O)C(=O)O. The summed E-state index contributed by atoms with van der Waals surface area (Å²) in [6.45, 7) is 2.56. The monoisotopic (exact) mass is 685 g/mol. The molecule has 1 aliphatic carbocycles. The summed E-state index contributed by atoms with van der Waals surface area (Å²) in [5.74, 6) is -9.18. The van der Waals surface area contributed by atoms with Gasteiger partial charge in [0.05, 0.1) is 12.5 Å². The van der Waals surface area contributed by atoms with Crippen molar-refractivity contribution in [2.45, 2.75) is 121 Å². The van der Waals surface area contributed by atoms with Crippen LogP contribution in [-0.2, 0) is 43.2 Å². The first-order valence-corrected chi connectivity index (χ1v) is 15.6. The van der Waals surface area contributed by atoms with Crippen LogP contribution in [0.3, 0.4) is 0 Å². The molecule has 19 heteroatoms. The van der Waals surface area contributed by atoms with E-state index in [4.69, 9.17) is 21.7 Å². The Morgan fingerprint density at radius 1 is 0.625 bits per heavy atom. The summed E-state index contributed by atoms with van der Waals surface area (Å²) >= 11 is 0. The molecule has 1 rings (SSSR count). The van der Waals surface area contributed by atoms with Crippen molar-refractivity contribution in [1.29, 1.82) is 0 Å². The Morgan fingerprint density at radius 3 is 1.62 bits per heavy atom. The zero-order valence-electron chi connectivity index (χ0n) is 27.0. The average molecular weight is 686 g/mol. The summed E-state index contributed by atoms with van der Waals surface area (Å²) in [7, 11) is 0. The van der Waals surface area contributed by atoms with E-state index in [0.717, 1.165) is 32.1 Å². The van der Waals surface area contributed by atoms with Gasteiger partial charge in [0.15, 0.2) is 0 Å². The number of aliphatic carboxylic acids is 3. The summed E-state index contributed by atoms with van der Waals surface area (Å²) < 4.78 is 0. The maximum absolute atomic E-state index is 13.2. The lowest BCUT2D eigenvalue weighted by Crippen LogP contribution is -2.58. The van der Waals surface area contributed by atoms with Crippen molar-refractivity contribution in [3.63, 3.8) is 0 Å². The van der Waals surface area contributed by atoms with Crippen molar-refractivity contribution in [3.8, 4) is 0 Å². The Labute approximate surface area is 276 Å². The fourth-order valence-electron chi connectivity index (χ4n) is 4.98. The number of hydrogen-bond acceptors (Lipinski definition) is 10. The maximum Gasteiger partial charge on any atom is 0.326 e. The van der Waals surface area contributed by atoms with Crippen LogP contribution in [-0.4, -0.2) is 105 Å². The Kier molecular flexibility index (Phi) is 17.5. The lowest BCUT2D eigenvalue weighted by molar-refractivity contribution is -0.143. The number of amides is 6. The highest BCUT2D eigenvalue weighted by molar-refractivity contribution is 5.96. The molecule has 0 aliphatic heterocycles. The van der Waals surface area contributed by atoms with Crippen LogP contribution >= 0.6 is 0 Å². The maximum atomic E-state index is 13.2. The molecule has 0 unspecified atom stereocenters. The van der Waals surface area contributed by atoms with Crippen LogP contribution in [0.4, 0.5) is 0 Å². The first kappa shape index (κ1) is 41.2. The van der Waals surface area contributed by atoms with E-state index in [-0.39, 0.29) is 25.2 Å². The molecule has 0 radical (unpaired) electrons. The lowest BCUT2D eigenvalue weighted by Gasteiger charge is -2.28. The molecule has 1 saturated carbocycles. The van der Waals surface area contributed by atoms with E-state index in [0.29, 0.717) is 0 Å². The van der Waals surface area contributed by atoms with Gasteiger partial charge in [-0.05, 0) is 39.0 Å². The number of carbonyl (C=O) groups is 9. The largest absolute Gasteiger partial charge is 0.481 e. The minimum Gasteiger partial charge on any atom is -0.481 e. The Balaban J connectivity index is 2.93. The Morgan fingerprint density at radius 2 is 1.10 bits per heavy atom. The topological polar surface area (TPSA) is 327 Å². The fourth-order valence-corrected chi connectivity index (χ4v) is 4.98. The molecule has 270 valence electrons. The van der Waals surface area contributed by atoms with Crippen LogP contribution in [0, 0.1) is 5.92 Å². The van der Waals surface area contributed by atoms with Crippen molar-refractivity contribution in [2.24, 2.45) is 17.4 Å². The van der Waals surface area contributed by atoms with E-state index in [1.165, 1.54) is 13.8 Å². The molecule has 12 N–H and O–H groups in total. The first-order chi connectivity index (χ1) is 22.4. The van der Waals surface area contributed by atoms with Crippen LogP contribution < -0.4 is 38.1 Å². The van der Waals surface area contributed by atoms with E-state index >= 15 is 0 Å². The predicted molar refractivity (Wildman–Crippen MR) is 165 cm³/mol. The van der Waals surface area contributed by atoms with Gasteiger partial charge < -0.3 is 53.4 Å². The fraction of sp³-hybridized carbons (Fsp3) is 0.690. The Bertz CT molecular complexity index is 1210. The van der Waals surface area contributed by atoms with Gasteiger partial charge in [0.2, 0.25) is 35.4 Å². The number of nitrogens with two attached hydrogens (primary N) is 2. The van der Waals surface area contributed by atoms with Crippen molar-refractivity contribution >= 4 is 53.4 Å². The Hall–Kier alpha value is -4.81. The number of carboxylic acids is 3. The van der Waals surface area contributed by atoms with Crippen LogP contribution in [0.2, 0.25) is 0 Å². The number of rotatable bonds is 21. The summed E-state index contributed by atoms with van der Waals surface area (Å²) in [5, 5.41) is 39.1. The van der Waals surface area contributed by atoms with Gasteiger partial charge in [-0.25, -0.2) is 4.79 Å². The number of carbonyl (C=O) groups excluding carboxylic acids is 6. The molecule has 0 aromatic heterocycles. The third kappa shape index (κ3) is 15.7. The molecule has 6 atom stereocenters. The summed E-state index contributed by atoms with van der Waals surface area (Å²) in [5.41, 5.74) is 10.6. The standard InChI is InChI=1S/C29H47N7O12/c1-14(33-27(45)18(9-11-22(38)39)34-26(44)17(30)13-23(40)41)24(42)32-15(2)25(43)36-20(12-16-6-4-3-5-7-16)28(46)35-19(29(47)48)8-10-21(31)37/h14-20H,3-13,30H2,1-2H3,(H2,31,37)(H,32,42)(H,33,45)(H,34,44)(H,35,46)(H,36,43)(H,38,39)(H,40,41)(H,47,48)/t14-,15-,17-,18-,19-,20-/m0/s1. The molecule has 0 saturated heterocycles. The minimum atomic E-state index is -1.53. The van der Waals surface area contributed by atoms with Crippen molar-refractivity contribution < 1.29 is 58.5 Å². The molecule has 19 nitrogen and oxygen atoms in total. The van der Waals surface area contributed by atoms with E-state index in [1.807, 2.05) is 0 Å². The molecule has 6 amide bonds. The predicted octanol–water partition coefficient (Wildman–Crippen LogP) is -2.56. The highest BCUT2D eigenvalue weighted by Crippen LogP contribution is 2.27. The molecule has 1 aliphatic rings. The molecular weight excluding hydrogens is 638 g/mol. The lowest BCUT2D eigenvalue weighted by atomic mass is 9.84. The van der Waals surface area contributed by atoms with E-state index in [2.05, 4.69) is 26.6 Å². The highest BCUT2D eigenvalue weighted by atomic mass is 16.4. The normalized spacial score (nSPS) is 16.8.